The Morgan fingerprint density at radius 1 is 0.667 bits per heavy atom. The fourth-order valence-corrected chi connectivity index (χ4v) is 3.41. The number of nitro groups is 2. The highest BCUT2D eigenvalue weighted by Gasteiger charge is 2.22. The Hall–Kier alpha value is -3.62. The molecule has 4 rings (SSSR count). The first-order valence-electron chi connectivity index (χ1n) is 8.50. The first kappa shape index (κ1) is 19.7. The molecule has 0 saturated heterocycles. The maximum Gasteiger partial charge on any atom is 0.270 e. The van der Waals surface area contributed by atoms with Crippen LogP contribution in [0.25, 0.3) is 33.5 Å². The number of nitrogens with zero attached hydrogens (tertiary/aromatic N) is 4. The lowest BCUT2D eigenvalue weighted by Gasteiger charge is -2.12. The predicted molar refractivity (Wildman–Crippen MR) is 114 cm³/mol. The van der Waals surface area contributed by atoms with Crippen molar-refractivity contribution in [3.05, 3.63) is 90.9 Å². The lowest BCUT2D eigenvalue weighted by atomic mass is 10.0. The van der Waals surface area contributed by atoms with Crippen molar-refractivity contribution < 1.29 is 9.85 Å². The molecule has 3 aromatic carbocycles. The summed E-state index contributed by atoms with van der Waals surface area (Å²) in [7, 11) is 0. The molecule has 8 nitrogen and oxygen atoms in total. The molecule has 0 amide bonds. The van der Waals surface area contributed by atoms with Crippen LogP contribution in [-0.2, 0) is 0 Å². The van der Waals surface area contributed by atoms with Crippen LogP contribution in [0.15, 0.2) is 60.7 Å². The van der Waals surface area contributed by atoms with Gasteiger partial charge in [-0.05, 0) is 24.3 Å². The number of hydrogen-bond acceptors (Lipinski definition) is 6. The number of rotatable bonds is 4. The SMILES string of the molecule is O=[N+]([O-])c1ccc(Cl)c(-c2nc3ccccc3nc2-c2cc([N+](=O)[O-])ccc2Cl)c1. The third-order valence-electron chi connectivity index (χ3n) is 4.40. The number of fused-ring (bicyclic) bond motifs is 1. The fourth-order valence-electron chi connectivity index (χ4n) is 2.99. The van der Waals surface area contributed by atoms with Crippen molar-refractivity contribution in [2.24, 2.45) is 0 Å². The summed E-state index contributed by atoms with van der Waals surface area (Å²) in [6.45, 7) is 0. The van der Waals surface area contributed by atoms with Crippen LogP contribution in [0, 0.1) is 20.2 Å². The molecule has 0 aliphatic heterocycles. The van der Waals surface area contributed by atoms with Gasteiger partial charge in [-0.25, -0.2) is 9.97 Å². The van der Waals surface area contributed by atoms with Gasteiger partial charge >= 0.3 is 0 Å². The minimum atomic E-state index is -0.547. The first-order valence-corrected chi connectivity index (χ1v) is 9.26. The maximum absolute atomic E-state index is 11.3. The van der Waals surface area contributed by atoms with E-state index >= 15 is 0 Å². The number of para-hydroxylation sites is 2. The van der Waals surface area contributed by atoms with Gasteiger partial charge in [0, 0.05) is 35.4 Å². The molecule has 0 atom stereocenters. The van der Waals surface area contributed by atoms with Crippen LogP contribution in [0.4, 0.5) is 11.4 Å². The number of benzene rings is 3. The molecular formula is C20H10Cl2N4O4. The number of hydrogen-bond donors (Lipinski definition) is 0. The molecule has 0 N–H and O–H groups in total. The van der Waals surface area contributed by atoms with Crippen LogP contribution >= 0.6 is 23.2 Å². The second-order valence-corrected chi connectivity index (χ2v) is 7.07. The highest BCUT2D eigenvalue weighted by Crippen LogP contribution is 2.40. The molecule has 0 fully saturated rings. The molecule has 0 spiro atoms. The summed E-state index contributed by atoms with van der Waals surface area (Å²) in [5.41, 5.74) is 1.68. The number of aromatic nitrogens is 2. The number of non-ortho nitro benzene ring substituents is 2. The van der Waals surface area contributed by atoms with Gasteiger partial charge in [-0.3, -0.25) is 20.2 Å². The topological polar surface area (TPSA) is 112 Å². The Morgan fingerprint density at radius 2 is 1.07 bits per heavy atom. The van der Waals surface area contributed by atoms with Crippen molar-refractivity contribution in [1.29, 1.82) is 0 Å². The summed E-state index contributed by atoms with van der Waals surface area (Å²) in [6, 6.07) is 14.9. The smallest absolute Gasteiger partial charge is 0.258 e. The summed E-state index contributed by atoms with van der Waals surface area (Å²) < 4.78 is 0. The highest BCUT2D eigenvalue weighted by atomic mass is 35.5. The van der Waals surface area contributed by atoms with Gasteiger partial charge in [-0.2, -0.15) is 0 Å². The Morgan fingerprint density at radius 3 is 1.43 bits per heavy atom. The van der Waals surface area contributed by atoms with E-state index < -0.39 is 9.85 Å². The Bertz CT molecular complexity index is 1240. The second-order valence-electron chi connectivity index (χ2n) is 6.25. The quantitative estimate of drug-likeness (QED) is 0.280. The summed E-state index contributed by atoms with van der Waals surface area (Å²) in [5, 5.41) is 23.0. The predicted octanol–water partition coefficient (Wildman–Crippen LogP) is 6.09. The minimum absolute atomic E-state index is 0.180. The van der Waals surface area contributed by atoms with Gasteiger partial charge < -0.3 is 0 Å². The van der Waals surface area contributed by atoms with E-state index in [0.29, 0.717) is 11.0 Å². The van der Waals surface area contributed by atoms with Crippen molar-refractivity contribution in [3.63, 3.8) is 0 Å². The lowest BCUT2D eigenvalue weighted by Crippen LogP contribution is -1.98. The zero-order valence-corrected chi connectivity index (χ0v) is 16.5. The number of nitro benzene ring substituents is 2. The monoisotopic (exact) mass is 440 g/mol. The molecule has 0 bridgehead atoms. The van der Waals surface area contributed by atoms with Crippen LogP contribution in [0.2, 0.25) is 10.0 Å². The van der Waals surface area contributed by atoms with Gasteiger partial charge in [0.1, 0.15) is 0 Å². The van der Waals surface area contributed by atoms with E-state index in [1.54, 1.807) is 24.3 Å². The molecule has 0 saturated carbocycles. The van der Waals surface area contributed by atoms with Crippen molar-refractivity contribution in [1.82, 2.24) is 9.97 Å². The molecule has 0 aliphatic rings. The molecule has 0 radical (unpaired) electrons. The fraction of sp³-hybridized carbons (Fsp3) is 0. The molecule has 1 heterocycles. The van der Waals surface area contributed by atoms with Crippen molar-refractivity contribution in [2.75, 3.05) is 0 Å². The normalized spacial score (nSPS) is 10.9. The number of halogens is 2. The summed E-state index contributed by atoms with van der Waals surface area (Å²) >= 11 is 12.7. The van der Waals surface area contributed by atoms with Crippen molar-refractivity contribution in [3.8, 4) is 22.5 Å². The van der Waals surface area contributed by atoms with Crippen molar-refractivity contribution in [2.45, 2.75) is 0 Å². The van der Waals surface area contributed by atoms with E-state index in [1.165, 1.54) is 36.4 Å². The zero-order chi connectivity index (χ0) is 21.4. The Kier molecular flexibility index (Phi) is 5.03. The third kappa shape index (κ3) is 3.54. The van der Waals surface area contributed by atoms with Crippen LogP contribution < -0.4 is 0 Å². The zero-order valence-electron chi connectivity index (χ0n) is 15.0. The van der Waals surface area contributed by atoms with Gasteiger partial charge in [0.25, 0.3) is 11.4 Å². The third-order valence-corrected chi connectivity index (χ3v) is 5.06. The van der Waals surface area contributed by atoms with E-state index in [0.717, 1.165) is 0 Å². The van der Waals surface area contributed by atoms with Crippen molar-refractivity contribution >= 4 is 45.6 Å². The summed E-state index contributed by atoms with van der Waals surface area (Å²) in [5.74, 6) is 0. The summed E-state index contributed by atoms with van der Waals surface area (Å²) in [4.78, 5) is 30.6. The van der Waals surface area contributed by atoms with Gasteiger partial charge in [0.15, 0.2) is 0 Å². The van der Waals surface area contributed by atoms with Crippen LogP contribution in [-0.4, -0.2) is 19.8 Å². The summed E-state index contributed by atoms with van der Waals surface area (Å²) in [6.07, 6.45) is 0. The molecule has 148 valence electrons. The van der Waals surface area contributed by atoms with Gasteiger partial charge in [-0.1, -0.05) is 35.3 Å². The van der Waals surface area contributed by atoms with Crippen LogP contribution in [0.1, 0.15) is 0 Å². The second kappa shape index (κ2) is 7.66. The molecule has 4 aromatic rings. The van der Waals surface area contributed by atoms with E-state index in [-0.39, 0.29) is 43.9 Å². The van der Waals surface area contributed by atoms with E-state index in [2.05, 4.69) is 9.97 Å². The first-order chi connectivity index (χ1) is 14.3. The van der Waals surface area contributed by atoms with Gasteiger partial charge in [-0.15, -0.1) is 0 Å². The largest absolute Gasteiger partial charge is 0.270 e. The molecule has 0 unspecified atom stereocenters. The molecule has 10 heteroatoms. The Labute approximate surface area is 179 Å². The van der Waals surface area contributed by atoms with E-state index in [9.17, 15) is 20.2 Å². The van der Waals surface area contributed by atoms with Crippen LogP contribution in [0.5, 0.6) is 0 Å². The average molecular weight is 441 g/mol. The van der Waals surface area contributed by atoms with Gasteiger partial charge in [0.2, 0.25) is 0 Å². The molecular weight excluding hydrogens is 431 g/mol. The average Bonchev–Trinajstić information content (AvgIpc) is 2.73. The van der Waals surface area contributed by atoms with E-state index in [4.69, 9.17) is 23.2 Å². The van der Waals surface area contributed by atoms with E-state index in [1.807, 2.05) is 0 Å². The Balaban J connectivity index is 2.09. The highest BCUT2D eigenvalue weighted by molar-refractivity contribution is 6.34. The molecule has 0 aliphatic carbocycles. The maximum atomic E-state index is 11.3. The minimum Gasteiger partial charge on any atom is -0.258 e. The lowest BCUT2D eigenvalue weighted by molar-refractivity contribution is -0.385. The van der Waals surface area contributed by atoms with Crippen LogP contribution in [0.3, 0.4) is 0 Å². The van der Waals surface area contributed by atoms with Gasteiger partial charge in [0.05, 0.1) is 42.3 Å². The molecule has 1 aromatic heterocycles. The standard InChI is InChI=1S/C20H10Cl2N4O4/c21-15-7-5-11(25(27)28)9-13(15)19-20(24-18-4-2-1-3-17(18)23-19)14-10-12(26(29)30)6-8-16(14)22/h1-10H. The molecule has 30 heavy (non-hydrogen) atoms.